The molecule has 2 N–H and O–H groups in total. The molecule has 11 nitrogen and oxygen atoms in total. The van der Waals surface area contributed by atoms with Crippen LogP contribution in [0.4, 0.5) is 10.5 Å². The molecule has 3 rings (SSSR count). The predicted molar refractivity (Wildman–Crippen MR) is 132 cm³/mol. The number of nitro groups is 1. The second kappa shape index (κ2) is 10.8. The van der Waals surface area contributed by atoms with Crippen molar-refractivity contribution >= 4 is 50.9 Å². The van der Waals surface area contributed by atoms with E-state index in [1.165, 1.54) is 61.3 Å². The van der Waals surface area contributed by atoms with Crippen molar-refractivity contribution in [3.63, 3.8) is 0 Å². The molecule has 1 aliphatic heterocycles. The second-order valence-electron chi connectivity index (χ2n) is 7.95. The number of hydrogen-bond acceptors (Lipinski definition) is 6. The lowest BCUT2D eigenvalue weighted by Gasteiger charge is -2.37. The van der Waals surface area contributed by atoms with Gasteiger partial charge in [0, 0.05) is 38.0 Å². The monoisotopic (exact) mass is 556 g/mol. The number of halogens is 2. The zero-order valence-corrected chi connectivity index (χ0v) is 21.5. The molecule has 0 bridgehead atoms. The molecule has 0 radical (unpaired) electrons. The molecule has 2 aromatic rings. The number of rotatable bonds is 9. The molecule has 0 aliphatic carbocycles. The number of carbonyl (C=O) groups is 2. The summed E-state index contributed by atoms with van der Waals surface area (Å²) in [6.07, 6.45) is 0.124. The molecule has 1 heterocycles. The summed E-state index contributed by atoms with van der Waals surface area (Å²) in [5, 5.41) is 23.6. The van der Waals surface area contributed by atoms with E-state index in [0.29, 0.717) is 0 Å². The highest BCUT2D eigenvalue weighted by molar-refractivity contribution is 7.89. The minimum atomic E-state index is -4.00. The van der Waals surface area contributed by atoms with Gasteiger partial charge in [-0.2, -0.15) is 0 Å². The molecule has 36 heavy (non-hydrogen) atoms. The topological polar surface area (TPSA) is 150 Å². The summed E-state index contributed by atoms with van der Waals surface area (Å²) in [5.74, 6) is -1.30. The van der Waals surface area contributed by atoms with Gasteiger partial charge >= 0.3 is 12.0 Å². The number of carbonyl (C=O) groups excluding carboxylic acids is 1. The van der Waals surface area contributed by atoms with Crippen LogP contribution >= 0.6 is 23.2 Å². The summed E-state index contributed by atoms with van der Waals surface area (Å²) < 4.78 is 27.0. The van der Waals surface area contributed by atoms with E-state index in [9.17, 15) is 33.2 Å². The number of urea groups is 1. The number of benzene rings is 2. The Morgan fingerprint density at radius 3 is 2.56 bits per heavy atom. The van der Waals surface area contributed by atoms with E-state index < -0.39 is 33.0 Å². The lowest BCUT2D eigenvalue weighted by Crippen LogP contribution is -2.49. The Morgan fingerprint density at radius 2 is 1.92 bits per heavy atom. The number of non-ortho nitro benzene ring substituents is 1. The lowest BCUT2D eigenvalue weighted by molar-refractivity contribution is -0.384. The smallest absolute Gasteiger partial charge is 0.335 e. The quantitative estimate of drug-likeness (QED) is 0.349. The van der Waals surface area contributed by atoms with Crippen LogP contribution in [-0.4, -0.2) is 59.8 Å². The number of nitrogens with zero attached hydrogens (tertiary/aromatic N) is 3. The van der Waals surface area contributed by atoms with Crippen LogP contribution in [-0.2, 0) is 14.8 Å². The molecule has 1 unspecified atom stereocenters. The van der Waals surface area contributed by atoms with Crippen molar-refractivity contribution < 1.29 is 28.0 Å². The van der Waals surface area contributed by atoms with Gasteiger partial charge in [0.15, 0.2) is 0 Å². The SMILES string of the molecule is CC1=C(C(=O)O)C(c2cccc([N+](=O)[O-])c2)N(CCCN(C)S(=O)(=O)c2cccc(Cl)c2Cl)C(=O)N1. The summed E-state index contributed by atoms with van der Waals surface area (Å²) in [7, 11) is -2.66. The minimum absolute atomic E-state index is 0.0400. The summed E-state index contributed by atoms with van der Waals surface area (Å²) in [5.41, 5.74) is -0.0649. The highest BCUT2D eigenvalue weighted by Crippen LogP contribution is 2.35. The third-order valence-corrected chi connectivity index (χ3v) is 8.48. The maximum absolute atomic E-state index is 13.0. The first-order valence-corrected chi connectivity index (χ1v) is 12.7. The largest absolute Gasteiger partial charge is 0.478 e. The number of nitro benzene ring substituents is 1. The Hall–Kier alpha value is -3.19. The molecule has 1 atom stereocenters. The van der Waals surface area contributed by atoms with Gasteiger partial charge in [0.05, 0.1) is 26.6 Å². The molecule has 0 spiro atoms. The van der Waals surface area contributed by atoms with Gasteiger partial charge in [0.2, 0.25) is 10.0 Å². The van der Waals surface area contributed by atoms with Gasteiger partial charge in [0.25, 0.3) is 5.69 Å². The normalized spacial score (nSPS) is 16.3. The maximum Gasteiger partial charge on any atom is 0.335 e. The number of carboxylic acid groups (broad SMARTS) is 1. The number of hydrogen-bond donors (Lipinski definition) is 2. The van der Waals surface area contributed by atoms with Crippen LogP contribution in [0.1, 0.15) is 24.9 Å². The van der Waals surface area contributed by atoms with Crippen molar-refractivity contribution in [1.29, 1.82) is 0 Å². The van der Waals surface area contributed by atoms with Gasteiger partial charge in [-0.3, -0.25) is 10.1 Å². The van der Waals surface area contributed by atoms with Crippen molar-refractivity contribution in [1.82, 2.24) is 14.5 Å². The van der Waals surface area contributed by atoms with E-state index in [2.05, 4.69) is 5.32 Å². The van der Waals surface area contributed by atoms with Crippen LogP contribution < -0.4 is 5.32 Å². The van der Waals surface area contributed by atoms with Crippen LogP contribution in [0.2, 0.25) is 10.0 Å². The summed E-state index contributed by atoms with van der Waals surface area (Å²) >= 11 is 12.0. The van der Waals surface area contributed by atoms with E-state index in [4.69, 9.17) is 23.2 Å². The molecule has 14 heteroatoms. The number of carboxylic acids is 1. The summed E-state index contributed by atoms with van der Waals surface area (Å²) in [4.78, 5) is 36.6. The van der Waals surface area contributed by atoms with Gasteiger partial charge in [-0.15, -0.1) is 0 Å². The standard InChI is InChI=1S/C22H22Cl2N4O7S/c1-13-18(21(29)30)20(14-6-3-7-15(12-14)28(32)33)27(22(31)25-13)11-5-10-26(2)36(34,35)17-9-4-8-16(23)19(17)24/h3-4,6-9,12,20H,5,10-11H2,1-2H3,(H,25,31)(H,29,30). The first-order valence-electron chi connectivity index (χ1n) is 10.5. The molecule has 1 aliphatic rings. The summed E-state index contributed by atoms with van der Waals surface area (Å²) in [6, 6.07) is 7.87. The van der Waals surface area contributed by atoms with Crippen LogP contribution in [0.3, 0.4) is 0 Å². The van der Waals surface area contributed by atoms with Crippen molar-refractivity contribution in [2.75, 3.05) is 20.1 Å². The Morgan fingerprint density at radius 1 is 1.25 bits per heavy atom. The van der Waals surface area contributed by atoms with Gasteiger partial charge in [-0.05, 0) is 31.0 Å². The Labute approximate surface area is 217 Å². The van der Waals surface area contributed by atoms with E-state index in [1.807, 2.05) is 0 Å². The average Bonchev–Trinajstić information content (AvgIpc) is 2.81. The van der Waals surface area contributed by atoms with Crippen LogP contribution in [0, 0.1) is 10.1 Å². The fourth-order valence-electron chi connectivity index (χ4n) is 3.88. The number of aliphatic carboxylic acids is 1. The van der Waals surface area contributed by atoms with E-state index in [-0.39, 0.29) is 57.0 Å². The first kappa shape index (κ1) is 27.4. The van der Waals surface area contributed by atoms with Crippen molar-refractivity contribution in [2.45, 2.75) is 24.3 Å². The summed E-state index contributed by atoms with van der Waals surface area (Å²) in [6.45, 7) is 1.34. The molecule has 0 saturated heterocycles. The average molecular weight is 557 g/mol. The molecule has 0 aromatic heterocycles. The Bertz CT molecular complexity index is 1360. The maximum atomic E-state index is 13.0. The minimum Gasteiger partial charge on any atom is -0.478 e. The van der Waals surface area contributed by atoms with Gasteiger partial charge in [-0.25, -0.2) is 22.3 Å². The van der Waals surface area contributed by atoms with Gasteiger partial charge in [0.1, 0.15) is 4.90 Å². The highest BCUT2D eigenvalue weighted by atomic mass is 35.5. The number of allylic oxidation sites excluding steroid dienone is 1. The molecular formula is C22H22Cl2N4O7S. The number of sulfonamides is 1. The first-order chi connectivity index (χ1) is 16.9. The zero-order chi connectivity index (χ0) is 26.8. The van der Waals surface area contributed by atoms with Gasteiger partial charge < -0.3 is 15.3 Å². The van der Waals surface area contributed by atoms with E-state index in [0.717, 1.165) is 4.31 Å². The van der Waals surface area contributed by atoms with Crippen molar-refractivity contribution in [2.24, 2.45) is 0 Å². The Kier molecular flexibility index (Phi) is 8.24. The van der Waals surface area contributed by atoms with Crippen LogP contribution in [0.5, 0.6) is 0 Å². The van der Waals surface area contributed by atoms with E-state index in [1.54, 1.807) is 0 Å². The highest BCUT2D eigenvalue weighted by Gasteiger charge is 2.38. The van der Waals surface area contributed by atoms with Crippen LogP contribution in [0.25, 0.3) is 0 Å². The molecule has 2 aromatic carbocycles. The zero-order valence-electron chi connectivity index (χ0n) is 19.1. The molecular weight excluding hydrogens is 535 g/mol. The van der Waals surface area contributed by atoms with E-state index >= 15 is 0 Å². The number of amides is 2. The fraction of sp³-hybridized carbons (Fsp3) is 0.273. The third kappa shape index (κ3) is 5.46. The Balaban J connectivity index is 1.88. The van der Waals surface area contributed by atoms with Gasteiger partial charge in [-0.1, -0.05) is 41.4 Å². The lowest BCUT2D eigenvalue weighted by atomic mass is 9.93. The van der Waals surface area contributed by atoms with Crippen molar-refractivity contribution in [3.8, 4) is 0 Å². The second-order valence-corrected chi connectivity index (χ2v) is 10.8. The molecule has 0 fully saturated rings. The third-order valence-electron chi connectivity index (χ3n) is 5.65. The predicted octanol–water partition coefficient (Wildman–Crippen LogP) is 4.04. The molecule has 192 valence electrons. The molecule has 0 saturated carbocycles. The fourth-order valence-corrected chi connectivity index (χ4v) is 5.82. The molecule has 2 amide bonds. The van der Waals surface area contributed by atoms with Crippen LogP contribution in [0.15, 0.2) is 58.6 Å². The number of nitrogens with one attached hydrogen (secondary N) is 1. The van der Waals surface area contributed by atoms with Crippen molar-refractivity contribution in [3.05, 3.63) is 79.5 Å².